The lowest BCUT2D eigenvalue weighted by Crippen LogP contribution is -2.47. The molecule has 1 aliphatic heterocycles. The molecule has 1 amide bonds. The van der Waals surface area contributed by atoms with Crippen molar-refractivity contribution in [3.8, 4) is 0 Å². The molecule has 0 atom stereocenters. The molecule has 1 aliphatic rings. The van der Waals surface area contributed by atoms with Crippen molar-refractivity contribution in [1.29, 1.82) is 0 Å². The Hall–Kier alpha value is -1.36. The average molecular weight is 237 g/mol. The lowest BCUT2D eigenvalue weighted by molar-refractivity contribution is 0.0653. The number of piperazine rings is 1. The predicted molar refractivity (Wildman–Crippen MR) is 64.0 cm³/mol. The Bertz CT molecular complexity index is 392. The molecule has 1 fully saturated rings. The number of nitrogens with zero attached hydrogens (tertiary/aromatic N) is 3. The highest BCUT2D eigenvalue weighted by Crippen LogP contribution is 2.16. The first kappa shape index (κ1) is 12.1. The van der Waals surface area contributed by atoms with Crippen molar-refractivity contribution in [2.75, 3.05) is 33.2 Å². The first-order chi connectivity index (χ1) is 8.08. The Morgan fingerprint density at radius 3 is 2.53 bits per heavy atom. The van der Waals surface area contributed by atoms with E-state index in [1.165, 1.54) is 0 Å². The molecule has 0 aromatic carbocycles. The van der Waals surface area contributed by atoms with Crippen LogP contribution in [0.1, 0.15) is 36.0 Å². The molecule has 0 bridgehead atoms. The van der Waals surface area contributed by atoms with Crippen LogP contribution in [0, 0.1) is 0 Å². The van der Waals surface area contributed by atoms with Crippen LogP contribution in [0.25, 0.3) is 0 Å². The van der Waals surface area contributed by atoms with Gasteiger partial charge in [-0.1, -0.05) is 19.0 Å². The van der Waals surface area contributed by atoms with Gasteiger partial charge in [0.25, 0.3) is 5.91 Å². The van der Waals surface area contributed by atoms with Crippen molar-refractivity contribution in [2.24, 2.45) is 0 Å². The average Bonchev–Trinajstić information content (AvgIpc) is 2.78. The highest BCUT2D eigenvalue weighted by atomic mass is 16.5. The van der Waals surface area contributed by atoms with E-state index >= 15 is 0 Å². The lowest BCUT2D eigenvalue weighted by Gasteiger charge is -2.31. The molecule has 5 heteroatoms. The zero-order chi connectivity index (χ0) is 12.4. The molecule has 2 rings (SSSR count). The Kier molecular flexibility index (Phi) is 3.47. The van der Waals surface area contributed by atoms with E-state index in [0.29, 0.717) is 5.69 Å². The summed E-state index contributed by atoms with van der Waals surface area (Å²) in [6, 6.07) is 1.76. The second-order valence-electron chi connectivity index (χ2n) is 4.86. The number of aromatic nitrogens is 1. The summed E-state index contributed by atoms with van der Waals surface area (Å²) in [5, 5.41) is 3.85. The summed E-state index contributed by atoms with van der Waals surface area (Å²) in [7, 11) is 2.06. The van der Waals surface area contributed by atoms with Gasteiger partial charge in [0.2, 0.25) is 0 Å². The monoisotopic (exact) mass is 237 g/mol. The Labute approximate surface area is 101 Å². The van der Waals surface area contributed by atoms with Crippen molar-refractivity contribution in [3.63, 3.8) is 0 Å². The van der Waals surface area contributed by atoms with E-state index in [-0.39, 0.29) is 11.8 Å². The zero-order valence-corrected chi connectivity index (χ0v) is 10.6. The van der Waals surface area contributed by atoms with Crippen molar-refractivity contribution < 1.29 is 9.32 Å². The van der Waals surface area contributed by atoms with Gasteiger partial charge in [0.15, 0.2) is 5.69 Å². The number of carbonyl (C=O) groups is 1. The van der Waals surface area contributed by atoms with Crippen LogP contribution in [0.15, 0.2) is 10.6 Å². The summed E-state index contributed by atoms with van der Waals surface area (Å²) in [6.45, 7) is 7.40. The van der Waals surface area contributed by atoms with Crippen LogP contribution in [-0.4, -0.2) is 54.1 Å². The molecular weight excluding hydrogens is 218 g/mol. The largest absolute Gasteiger partial charge is 0.360 e. The maximum Gasteiger partial charge on any atom is 0.276 e. The Morgan fingerprint density at radius 2 is 2.00 bits per heavy atom. The third-order valence-electron chi connectivity index (χ3n) is 3.11. The van der Waals surface area contributed by atoms with Gasteiger partial charge in [0.05, 0.1) is 0 Å². The minimum absolute atomic E-state index is 0.0197. The summed E-state index contributed by atoms with van der Waals surface area (Å²) in [5.41, 5.74) is 0.429. The van der Waals surface area contributed by atoms with Crippen molar-refractivity contribution >= 4 is 5.91 Å². The molecule has 94 valence electrons. The first-order valence-corrected chi connectivity index (χ1v) is 6.02. The van der Waals surface area contributed by atoms with E-state index in [4.69, 9.17) is 4.52 Å². The van der Waals surface area contributed by atoms with Gasteiger partial charge in [-0.3, -0.25) is 4.79 Å². The molecular formula is C12H19N3O2. The molecule has 1 saturated heterocycles. The standard InChI is InChI=1S/C12H19N3O2/c1-9(2)11-8-10(13-17-11)12(16)15-6-4-14(3)5-7-15/h8-9H,4-7H2,1-3H3. The zero-order valence-electron chi connectivity index (χ0n) is 10.6. The SMILES string of the molecule is CC(C)c1cc(C(=O)N2CCN(C)CC2)no1. The van der Waals surface area contributed by atoms with Gasteiger partial charge in [-0.15, -0.1) is 0 Å². The second kappa shape index (κ2) is 4.87. The fourth-order valence-corrected chi connectivity index (χ4v) is 1.83. The van der Waals surface area contributed by atoms with Crippen LogP contribution >= 0.6 is 0 Å². The van der Waals surface area contributed by atoms with Crippen LogP contribution < -0.4 is 0 Å². The minimum atomic E-state index is -0.0197. The van der Waals surface area contributed by atoms with Crippen molar-refractivity contribution in [1.82, 2.24) is 15.0 Å². The molecule has 1 aromatic heterocycles. The molecule has 0 saturated carbocycles. The third kappa shape index (κ3) is 2.66. The molecule has 1 aromatic rings. The summed E-state index contributed by atoms with van der Waals surface area (Å²) in [4.78, 5) is 16.2. The Morgan fingerprint density at radius 1 is 1.35 bits per heavy atom. The second-order valence-corrected chi connectivity index (χ2v) is 4.86. The van der Waals surface area contributed by atoms with Crippen LogP contribution in [0.5, 0.6) is 0 Å². The minimum Gasteiger partial charge on any atom is -0.360 e. The molecule has 5 nitrogen and oxygen atoms in total. The molecule has 0 N–H and O–H groups in total. The number of rotatable bonds is 2. The quantitative estimate of drug-likeness (QED) is 0.775. The summed E-state index contributed by atoms with van der Waals surface area (Å²) >= 11 is 0. The smallest absolute Gasteiger partial charge is 0.276 e. The van der Waals surface area contributed by atoms with E-state index < -0.39 is 0 Å². The predicted octanol–water partition coefficient (Wildman–Crippen LogP) is 1.19. The van der Waals surface area contributed by atoms with Gasteiger partial charge in [-0.2, -0.15) is 0 Å². The van der Waals surface area contributed by atoms with E-state index in [1.807, 2.05) is 18.7 Å². The van der Waals surface area contributed by atoms with Crippen LogP contribution in [0.4, 0.5) is 0 Å². The molecule has 0 spiro atoms. The number of amides is 1. The summed E-state index contributed by atoms with van der Waals surface area (Å²) in [5.74, 6) is 1.01. The van der Waals surface area contributed by atoms with E-state index in [9.17, 15) is 4.79 Å². The number of likely N-dealkylation sites (N-methyl/N-ethyl adjacent to an activating group) is 1. The number of hydrogen-bond acceptors (Lipinski definition) is 4. The summed E-state index contributed by atoms with van der Waals surface area (Å²) < 4.78 is 5.15. The van der Waals surface area contributed by atoms with E-state index in [0.717, 1.165) is 31.9 Å². The first-order valence-electron chi connectivity index (χ1n) is 6.02. The highest BCUT2D eigenvalue weighted by Gasteiger charge is 2.23. The maximum atomic E-state index is 12.1. The van der Waals surface area contributed by atoms with E-state index in [1.54, 1.807) is 6.07 Å². The van der Waals surface area contributed by atoms with Crippen molar-refractivity contribution in [2.45, 2.75) is 19.8 Å². The summed E-state index contributed by atoms with van der Waals surface area (Å²) in [6.07, 6.45) is 0. The fourth-order valence-electron chi connectivity index (χ4n) is 1.83. The van der Waals surface area contributed by atoms with Gasteiger partial charge < -0.3 is 14.3 Å². The highest BCUT2D eigenvalue weighted by molar-refractivity contribution is 5.92. The van der Waals surface area contributed by atoms with E-state index in [2.05, 4.69) is 17.1 Å². The maximum absolute atomic E-state index is 12.1. The van der Waals surface area contributed by atoms with Crippen LogP contribution in [0.3, 0.4) is 0 Å². The topological polar surface area (TPSA) is 49.6 Å². The molecule has 0 aliphatic carbocycles. The molecule has 0 radical (unpaired) electrons. The van der Waals surface area contributed by atoms with Gasteiger partial charge in [-0.05, 0) is 7.05 Å². The fraction of sp³-hybridized carbons (Fsp3) is 0.667. The van der Waals surface area contributed by atoms with Crippen LogP contribution in [0.2, 0.25) is 0 Å². The van der Waals surface area contributed by atoms with Crippen LogP contribution in [-0.2, 0) is 0 Å². The molecule has 17 heavy (non-hydrogen) atoms. The van der Waals surface area contributed by atoms with Gasteiger partial charge in [0.1, 0.15) is 5.76 Å². The molecule has 2 heterocycles. The lowest BCUT2D eigenvalue weighted by atomic mass is 10.1. The van der Waals surface area contributed by atoms with Gasteiger partial charge in [0, 0.05) is 38.2 Å². The number of hydrogen-bond donors (Lipinski definition) is 0. The third-order valence-corrected chi connectivity index (χ3v) is 3.11. The normalized spacial score (nSPS) is 17.8. The van der Waals surface area contributed by atoms with Gasteiger partial charge >= 0.3 is 0 Å². The number of carbonyl (C=O) groups excluding carboxylic acids is 1. The van der Waals surface area contributed by atoms with Gasteiger partial charge in [-0.25, -0.2) is 0 Å². The Balaban J connectivity index is 2.03. The molecule has 0 unspecified atom stereocenters. The van der Waals surface area contributed by atoms with Crippen molar-refractivity contribution in [3.05, 3.63) is 17.5 Å².